The number of carbonyl (C=O) groups excluding carboxylic acids is 1. The lowest BCUT2D eigenvalue weighted by Gasteiger charge is -2.13. The van der Waals surface area contributed by atoms with Gasteiger partial charge >= 0.3 is 5.97 Å². The third kappa shape index (κ3) is 3.24. The van der Waals surface area contributed by atoms with Crippen molar-refractivity contribution in [3.63, 3.8) is 0 Å². The highest BCUT2D eigenvalue weighted by molar-refractivity contribution is 5.90. The van der Waals surface area contributed by atoms with E-state index in [1.165, 1.54) is 7.11 Å². The summed E-state index contributed by atoms with van der Waals surface area (Å²) in [4.78, 5) is 11.4. The topological polar surface area (TPSA) is 35.5 Å². The number of hydrogen-bond donors (Lipinski definition) is 0. The lowest BCUT2D eigenvalue weighted by molar-refractivity contribution is 0.0601. The van der Waals surface area contributed by atoms with Gasteiger partial charge in [-0.15, -0.1) is 0 Å². The van der Waals surface area contributed by atoms with Crippen molar-refractivity contribution in [1.82, 2.24) is 0 Å². The van der Waals surface area contributed by atoms with Crippen LogP contribution in [0.2, 0.25) is 0 Å². The van der Waals surface area contributed by atoms with Crippen LogP contribution < -0.4 is 4.74 Å². The molecule has 3 nitrogen and oxygen atoms in total. The molecule has 2 aromatic rings. The Hall–Kier alpha value is -2.29. The largest absolute Gasteiger partial charge is 0.493 e. The Balaban J connectivity index is 2.36. The summed E-state index contributed by atoms with van der Waals surface area (Å²) in [7, 11) is 1.38. The van der Waals surface area contributed by atoms with Gasteiger partial charge < -0.3 is 9.47 Å². The molecular formula is C18H20O3. The quantitative estimate of drug-likeness (QED) is 0.791. The fourth-order valence-electron chi connectivity index (χ4n) is 2.41. The lowest BCUT2D eigenvalue weighted by Crippen LogP contribution is -2.00. The Morgan fingerprint density at radius 3 is 2.05 bits per heavy atom. The first-order valence-corrected chi connectivity index (χ1v) is 6.99. The average Bonchev–Trinajstić information content (AvgIpc) is 2.50. The van der Waals surface area contributed by atoms with Crippen molar-refractivity contribution in [1.29, 1.82) is 0 Å². The summed E-state index contributed by atoms with van der Waals surface area (Å²) in [6.45, 7) is 6.74. The van der Waals surface area contributed by atoms with Crippen molar-refractivity contribution in [3.8, 4) is 16.9 Å². The van der Waals surface area contributed by atoms with Gasteiger partial charge in [-0.2, -0.15) is 0 Å². The summed E-state index contributed by atoms with van der Waals surface area (Å²) in [5.41, 5.74) is 4.97. The van der Waals surface area contributed by atoms with Gasteiger partial charge in [0.25, 0.3) is 0 Å². The maximum atomic E-state index is 11.4. The van der Waals surface area contributed by atoms with Gasteiger partial charge in [0.2, 0.25) is 0 Å². The van der Waals surface area contributed by atoms with Crippen molar-refractivity contribution >= 4 is 5.97 Å². The SMILES string of the molecule is CCOc1c(C)cc(-c2ccc(C(=O)OC)cc2)cc1C. The van der Waals surface area contributed by atoms with Crippen molar-refractivity contribution in [2.45, 2.75) is 20.8 Å². The molecule has 0 bridgehead atoms. The van der Waals surface area contributed by atoms with Crippen molar-refractivity contribution in [2.75, 3.05) is 13.7 Å². The predicted molar refractivity (Wildman–Crippen MR) is 83.9 cm³/mol. The second-order valence-corrected chi connectivity index (χ2v) is 4.94. The molecule has 0 spiro atoms. The van der Waals surface area contributed by atoms with Gasteiger partial charge in [-0.25, -0.2) is 4.79 Å². The Morgan fingerprint density at radius 2 is 1.57 bits per heavy atom. The summed E-state index contributed by atoms with van der Waals surface area (Å²) in [6, 6.07) is 11.6. The Bertz CT molecular complexity index is 619. The van der Waals surface area contributed by atoms with E-state index in [4.69, 9.17) is 9.47 Å². The number of ether oxygens (including phenoxy) is 2. The summed E-state index contributed by atoms with van der Waals surface area (Å²) >= 11 is 0. The Labute approximate surface area is 125 Å². The van der Waals surface area contributed by atoms with Crippen LogP contribution in [0, 0.1) is 13.8 Å². The molecule has 0 aromatic heterocycles. The van der Waals surface area contributed by atoms with Crippen LogP contribution in [-0.4, -0.2) is 19.7 Å². The highest BCUT2D eigenvalue weighted by Gasteiger charge is 2.09. The maximum Gasteiger partial charge on any atom is 0.337 e. The summed E-state index contributed by atoms with van der Waals surface area (Å²) in [5.74, 6) is 0.632. The van der Waals surface area contributed by atoms with Gasteiger partial charge in [0, 0.05) is 0 Å². The van der Waals surface area contributed by atoms with Crippen LogP contribution in [0.4, 0.5) is 0 Å². The standard InChI is InChI=1S/C18H20O3/c1-5-21-17-12(2)10-16(11-13(17)3)14-6-8-15(9-7-14)18(19)20-4/h6-11H,5H2,1-4H3. The first kappa shape index (κ1) is 15.1. The Morgan fingerprint density at radius 1 is 1.00 bits per heavy atom. The summed E-state index contributed by atoms with van der Waals surface area (Å²) in [5, 5.41) is 0. The van der Waals surface area contributed by atoms with E-state index in [1.54, 1.807) is 12.1 Å². The van der Waals surface area contributed by atoms with E-state index >= 15 is 0 Å². The van der Waals surface area contributed by atoms with Gasteiger partial charge in [0.1, 0.15) is 5.75 Å². The monoisotopic (exact) mass is 284 g/mol. The highest BCUT2D eigenvalue weighted by Crippen LogP contribution is 2.30. The lowest BCUT2D eigenvalue weighted by atomic mass is 9.99. The Kier molecular flexibility index (Phi) is 4.63. The molecule has 0 heterocycles. The van der Waals surface area contributed by atoms with Crippen LogP contribution >= 0.6 is 0 Å². The molecule has 0 aliphatic rings. The molecule has 0 aliphatic carbocycles. The van der Waals surface area contributed by atoms with Gasteiger partial charge in [0.05, 0.1) is 19.3 Å². The van der Waals surface area contributed by atoms with Crippen molar-refractivity contribution in [3.05, 3.63) is 53.1 Å². The van der Waals surface area contributed by atoms with Crippen LogP contribution in [-0.2, 0) is 4.74 Å². The van der Waals surface area contributed by atoms with Gasteiger partial charge in [-0.3, -0.25) is 0 Å². The fourth-order valence-corrected chi connectivity index (χ4v) is 2.41. The fraction of sp³-hybridized carbons (Fsp3) is 0.278. The minimum Gasteiger partial charge on any atom is -0.493 e. The molecule has 0 amide bonds. The van der Waals surface area contributed by atoms with Gasteiger partial charge in [-0.05, 0) is 67.3 Å². The zero-order valence-corrected chi connectivity index (χ0v) is 12.9. The van der Waals surface area contributed by atoms with Gasteiger partial charge in [-0.1, -0.05) is 12.1 Å². The summed E-state index contributed by atoms with van der Waals surface area (Å²) < 4.78 is 10.4. The number of hydrogen-bond acceptors (Lipinski definition) is 3. The minimum absolute atomic E-state index is 0.319. The van der Waals surface area contributed by atoms with E-state index in [0.29, 0.717) is 12.2 Å². The molecule has 2 rings (SSSR count). The van der Waals surface area contributed by atoms with Crippen LogP contribution in [0.5, 0.6) is 5.75 Å². The molecule has 0 atom stereocenters. The molecule has 0 unspecified atom stereocenters. The van der Waals surface area contributed by atoms with E-state index in [1.807, 2.05) is 32.9 Å². The van der Waals surface area contributed by atoms with Crippen LogP contribution in [0.15, 0.2) is 36.4 Å². The van der Waals surface area contributed by atoms with E-state index in [-0.39, 0.29) is 5.97 Å². The third-order valence-corrected chi connectivity index (χ3v) is 3.39. The van der Waals surface area contributed by atoms with E-state index in [9.17, 15) is 4.79 Å². The molecule has 0 saturated heterocycles. The molecular weight excluding hydrogens is 264 g/mol. The molecule has 110 valence electrons. The second-order valence-electron chi connectivity index (χ2n) is 4.94. The van der Waals surface area contributed by atoms with Gasteiger partial charge in [0.15, 0.2) is 0 Å². The van der Waals surface area contributed by atoms with Crippen LogP contribution in [0.1, 0.15) is 28.4 Å². The minimum atomic E-state index is -0.319. The molecule has 21 heavy (non-hydrogen) atoms. The zero-order chi connectivity index (χ0) is 15.4. The number of rotatable bonds is 4. The molecule has 2 aromatic carbocycles. The van der Waals surface area contributed by atoms with Crippen molar-refractivity contribution < 1.29 is 14.3 Å². The van der Waals surface area contributed by atoms with E-state index < -0.39 is 0 Å². The van der Waals surface area contributed by atoms with E-state index in [0.717, 1.165) is 28.0 Å². The second kappa shape index (κ2) is 6.44. The number of aryl methyl sites for hydroxylation is 2. The summed E-state index contributed by atoms with van der Waals surface area (Å²) in [6.07, 6.45) is 0. The molecule has 0 radical (unpaired) electrons. The molecule has 3 heteroatoms. The number of benzene rings is 2. The maximum absolute atomic E-state index is 11.4. The number of methoxy groups -OCH3 is 1. The number of carbonyl (C=O) groups is 1. The molecule has 0 saturated carbocycles. The third-order valence-electron chi connectivity index (χ3n) is 3.39. The zero-order valence-electron chi connectivity index (χ0n) is 12.9. The molecule has 0 fully saturated rings. The molecule has 0 N–H and O–H groups in total. The smallest absolute Gasteiger partial charge is 0.337 e. The first-order chi connectivity index (χ1) is 10.1. The molecule has 0 aliphatic heterocycles. The van der Waals surface area contributed by atoms with E-state index in [2.05, 4.69) is 12.1 Å². The van der Waals surface area contributed by atoms with Crippen LogP contribution in [0.3, 0.4) is 0 Å². The van der Waals surface area contributed by atoms with Crippen molar-refractivity contribution in [2.24, 2.45) is 0 Å². The normalized spacial score (nSPS) is 10.3. The number of esters is 1. The average molecular weight is 284 g/mol. The highest BCUT2D eigenvalue weighted by atomic mass is 16.5. The van der Waals surface area contributed by atoms with Crippen LogP contribution in [0.25, 0.3) is 11.1 Å². The first-order valence-electron chi connectivity index (χ1n) is 6.99. The predicted octanol–water partition coefficient (Wildman–Crippen LogP) is 4.16.